The van der Waals surface area contributed by atoms with Crippen LogP contribution in [-0.2, 0) is 4.74 Å². The van der Waals surface area contributed by atoms with Gasteiger partial charge in [-0.1, -0.05) is 13.3 Å². The van der Waals surface area contributed by atoms with Crippen LogP contribution in [0.4, 0.5) is 4.79 Å². The molecule has 2 saturated heterocycles. The zero-order valence-corrected chi connectivity index (χ0v) is 12.6. The van der Waals surface area contributed by atoms with E-state index in [1.807, 2.05) is 25.7 Å². The number of rotatable bonds is 2. The summed E-state index contributed by atoms with van der Waals surface area (Å²) in [5.74, 6) is 0. The second-order valence-corrected chi connectivity index (χ2v) is 7.16. The van der Waals surface area contributed by atoms with E-state index in [0.29, 0.717) is 12.8 Å². The summed E-state index contributed by atoms with van der Waals surface area (Å²) in [6.45, 7) is 7.78. The summed E-state index contributed by atoms with van der Waals surface area (Å²) in [5.41, 5.74) is -1.02. The molecule has 110 valence electrons. The molecule has 2 bridgehead atoms. The molecule has 0 aromatic heterocycles. The van der Waals surface area contributed by atoms with Crippen LogP contribution in [0.3, 0.4) is 0 Å². The van der Waals surface area contributed by atoms with E-state index in [9.17, 15) is 9.90 Å². The molecule has 2 atom stereocenters. The Bertz CT molecular complexity index is 334. The van der Waals surface area contributed by atoms with Crippen LogP contribution < -0.4 is 0 Å². The molecule has 0 spiro atoms. The molecule has 2 aliphatic heterocycles. The molecule has 4 nitrogen and oxygen atoms in total. The minimum atomic E-state index is -0.570. The highest BCUT2D eigenvalue weighted by atomic mass is 16.6. The molecule has 2 unspecified atom stereocenters. The zero-order valence-electron chi connectivity index (χ0n) is 12.6. The van der Waals surface area contributed by atoms with E-state index < -0.39 is 11.2 Å². The third-order valence-electron chi connectivity index (χ3n) is 4.17. The number of carbonyl (C=O) groups excluding carboxylic acids is 1. The summed E-state index contributed by atoms with van der Waals surface area (Å²) in [7, 11) is 0. The van der Waals surface area contributed by atoms with Gasteiger partial charge in [-0.15, -0.1) is 0 Å². The van der Waals surface area contributed by atoms with Crippen molar-refractivity contribution in [1.82, 2.24) is 4.90 Å². The Morgan fingerprint density at radius 3 is 2.26 bits per heavy atom. The molecule has 2 fully saturated rings. The first-order chi connectivity index (χ1) is 8.74. The number of carbonyl (C=O) groups is 1. The fourth-order valence-corrected chi connectivity index (χ4v) is 3.60. The first-order valence-electron chi connectivity index (χ1n) is 7.48. The minimum absolute atomic E-state index is 0.158. The van der Waals surface area contributed by atoms with Gasteiger partial charge in [0.2, 0.25) is 0 Å². The summed E-state index contributed by atoms with van der Waals surface area (Å²) >= 11 is 0. The van der Waals surface area contributed by atoms with E-state index in [-0.39, 0.29) is 18.2 Å². The third kappa shape index (κ3) is 3.22. The number of fused-ring (bicyclic) bond motifs is 2. The average molecular weight is 269 g/mol. The lowest BCUT2D eigenvalue weighted by atomic mass is 9.83. The van der Waals surface area contributed by atoms with Gasteiger partial charge < -0.3 is 14.7 Å². The maximum absolute atomic E-state index is 12.3. The summed E-state index contributed by atoms with van der Waals surface area (Å²) in [5, 5.41) is 10.6. The molecule has 19 heavy (non-hydrogen) atoms. The predicted octanol–water partition coefficient (Wildman–Crippen LogP) is 3.08. The van der Waals surface area contributed by atoms with Gasteiger partial charge in [0.25, 0.3) is 0 Å². The second-order valence-electron chi connectivity index (χ2n) is 7.16. The number of nitrogens with zero attached hydrogens (tertiary/aromatic N) is 1. The molecule has 0 aromatic rings. The summed E-state index contributed by atoms with van der Waals surface area (Å²) in [4.78, 5) is 14.1. The molecule has 0 aromatic carbocycles. The Hall–Kier alpha value is -0.770. The Balaban J connectivity index is 2.05. The number of amides is 1. The van der Waals surface area contributed by atoms with Crippen LogP contribution in [0.1, 0.15) is 66.2 Å². The van der Waals surface area contributed by atoms with Gasteiger partial charge in [0.05, 0.1) is 5.60 Å². The molecule has 0 radical (unpaired) electrons. The summed E-state index contributed by atoms with van der Waals surface area (Å²) in [6, 6.07) is 0.315. The topological polar surface area (TPSA) is 49.8 Å². The minimum Gasteiger partial charge on any atom is -0.444 e. The lowest BCUT2D eigenvalue weighted by Crippen LogP contribution is -2.54. The average Bonchev–Trinajstić information content (AvgIpc) is 2.50. The number of hydrogen-bond acceptors (Lipinski definition) is 3. The number of aliphatic hydroxyl groups is 1. The van der Waals surface area contributed by atoms with Crippen molar-refractivity contribution in [2.75, 3.05) is 0 Å². The van der Waals surface area contributed by atoms with Crippen LogP contribution in [0.5, 0.6) is 0 Å². The Morgan fingerprint density at radius 1 is 1.32 bits per heavy atom. The molecular formula is C15H27NO3. The van der Waals surface area contributed by atoms with Crippen molar-refractivity contribution in [1.29, 1.82) is 0 Å². The van der Waals surface area contributed by atoms with Crippen molar-refractivity contribution in [3.63, 3.8) is 0 Å². The maximum Gasteiger partial charge on any atom is 0.410 e. The van der Waals surface area contributed by atoms with E-state index in [2.05, 4.69) is 6.92 Å². The van der Waals surface area contributed by atoms with Crippen LogP contribution in [0.15, 0.2) is 0 Å². The van der Waals surface area contributed by atoms with E-state index in [1.165, 1.54) is 0 Å². The van der Waals surface area contributed by atoms with Gasteiger partial charge in [-0.25, -0.2) is 4.79 Å². The molecule has 1 amide bonds. The van der Waals surface area contributed by atoms with E-state index in [0.717, 1.165) is 25.7 Å². The van der Waals surface area contributed by atoms with Crippen LogP contribution >= 0.6 is 0 Å². The molecule has 0 aliphatic carbocycles. The maximum atomic E-state index is 12.3. The molecule has 1 N–H and O–H groups in total. The number of piperidine rings is 1. The van der Waals surface area contributed by atoms with Gasteiger partial charge in [-0.3, -0.25) is 0 Å². The van der Waals surface area contributed by atoms with Crippen molar-refractivity contribution in [2.45, 2.75) is 89.5 Å². The highest BCUT2D eigenvalue weighted by molar-refractivity contribution is 5.69. The first kappa shape index (κ1) is 14.6. The zero-order chi connectivity index (χ0) is 14.3. The van der Waals surface area contributed by atoms with E-state index >= 15 is 0 Å². The van der Waals surface area contributed by atoms with E-state index in [4.69, 9.17) is 4.74 Å². The van der Waals surface area contributed by atoms with Crippen molar-refractivity contribution < 1.29 is 14.6 Å². The molecule has 4 heteroatoms. The van der Waals surface area contributed by atoms with Crippen LogP contribution in [0, 0.1) is 0 Å². The fraction of sp³-hybridized carbons (Fsp3) is 0.933. The van der Waals surface area contributed by atoms with Gasteiger partial charge >= 0.3 is 6.09 Å². The molecular weight excluding hydrogens is 242 g/mol. The van der Waals surface area contributed by atoms with E-state index in [1.54, 1.807) is 0 Å². The van der Waals surface area contributed by atoms with Gasteiger partial charge in [0, 0.05) is 12.1 Å². The van der Waals surface area contributed by atoms with Crippen molar-refractivity contribution in [2.24, 2.45) is 0 Å². The smallest absolute Gasteiger partial charge is 0.410 e. The van der Waals surface area contributed by atoms with Crippen LogP contribution in [-0.4, -0.2) is 39.4 Å². The quantitative estimate of drug-likeness (QED) is 0.838. The Kier molecular flexibility index (Phi) is 3.83. The standard InChI is InChI=1S/C15H27NO3/c1-5-8-15(18)9-11-6-7-12(10-15)16(11)13(17)19-14(2,3)4/h11-12,18H,5-10H2,1-4H3. The normalized spacial score (nSPS) is 34.5. The van der Waals surface area contributed by atoms with Gasteiger partial charge in [0.1, 0.15) is 5.60 Å². The van der Waals surface area contributed by atoms with Gasteiger partial charge in [0.15, 0.2) is 0 Å². The lowest BCUT2D eigenvalue weighted by Gasteiger charge is -2.43. The van der Waals surface area contributed by atoms with Crippen molar-refractivity contribution >= 4 is 6.09 Å². The lowest BCUT2D eigenvalue weighted by molar-refractivity contribution is -0.0627. The molecule has 2 aliphatic rings. The van der Waals surface area contributed by atoms with Crippen LogP contribution in [0.2, 0.25) is 0 Å². The van der Waals surface area contributed by atoms with Crippen molar-refractivity contribution in [3.05, 3.63) is 0 Å². The van der Waals surface area contributed by atoms with Crippen molar-refractivity contribution in [3.8, 4) is 0 Å². The third-order valence-corrected chi connectivity index (χ3v) is 4.17. The SMILES string of the molecule is CCCC1(O)CC2CCC(C1)N2C(=O)OC(C)(C)C. The van der Waals surface area contributed by atoms with Crippen LogP contribution in [0.25, 0.3) is 0 Å². The summed E-state index contributed by atoms with van der Waals surface area (Å²) in [6.07, 6.45) is 5.02. The number of hydrogen-bond donors (Lipinski definition) is 1. The van der Waals surface area contributed by atoms with Gasteiger partial charge in [-0.2, -0.15) is 0 Å². The number of ether oxygens (including phenoxy) is 1. The predicted molar refractivity (Wildman–Crippen MR) is 74.0 cm³/mol. The fourth-order valence-electron chi connectivity index (χ4n) is 3.60. The first-order valence-corrected chi connectivity index (χ1v) is 7.48. The molecule has 2 heterocycles. The Labute approximate surface area is 116 Å². The monoisotopic (exact) mass is 269 g/mol. The highest BCUT2D eigenvalue weighted by Crippen LogP contribution is 2.43. The van der Waals surface area contributed by atoms with Gasteiger partial charge in [-0.05, 0) is 52.9 Å². The molecule has 2 rings (SSSR count). The highest BCUT2D eigenvalue weighted by Gasteiger charge is 2.49. The second kappa shape index (κ2) is 4.97. The summed E-state index contributed by atoms with van der Waals surface area (Å²) < 4.78 is 5.49. The Morgan fingerprint density at radius 2 is 1.84 bits per heavy atom. The largest absolute Gasteiger partial charge is 0.444 e. The molecule has 0 saturated carbocycles.